The van der Waals surface area contributed by atoms with Crippen LogP contribution in [0, 0.1) is 5.82 Å². The molecule has 5 heteroatoms. The lowest BCUT2D eigenvalue weighted by Gasteiger charge is -2.07. The standard InChI is InChI=1S/C17H13FO4/c1-11(10-12-6-8-13(18)9-7-12)17(21)22-15-5-3-2-4-14(15)16(19)20/h2-10H,1H3,(H,19,20). The van der Waals surface area contributed by atoms with E-state index in [4.69, 9.17) is 9.84 Å². The van der Waals surface area contributed by atoms with Crippen LogP contribution in [0.25, 0.3) is 6.08 Å². The molecular weight excluding hydrogens is 287 g/mol. The van der Waals surface area contributed by atoms with Crippen LogP contribution in [0.1, 0.15) is 22.8 Å². The minimum atomic E-state index is -1.18. The molecule has 0 saturated carbocycles. The number of carbonyl (C=O) groups is 2. The van der Waals surface area contributed by atoms with Gasteiger partial charge in [0.25, 0.3) is 0 Å². The third-order valence-corrected chi connectivity index (χ3v) is 2.90. The third kappa shape index (κ3) is 3.79. The second-order valence-electron chi connectivity index (χ2n) is 4.57. The molecule has 0 bridgehead atoms. The van der Waals surface area contributed by atoms with Crippen LogP contribution in [0.3, 0.4) is 0 Å². The monoisotopic (exact) mass is 300 g/mol. The van der Waals surface area contributed by atoms with Gasteiger partial charge in [-0.25, -0.2) is 14.0 Å². The molecule has 2 rings (SSSR count). The van der Waals surface area contributed by atoms with Crippen LogP contribution in [-0.4, -0.2) is 17.0 Å². The summed E-state index contributed by atoms with van der Waals surface area (Å²) in [5, 5.41) is 9.04. The summed E-state index contributed by atoms with van der Waals surface area (Å²) < 4.78 is 17.9. The molecule has 4 nitrogen and oxygen atoms in total. The number of rotatable bonds is 4. The minimum Gasteiger partial charge on any atom is -0.478 e. The minimum absolute atomic E-state index is 0.0214. The smallest absolute Gasteiger partial charge is 0.339 e. The summed E-state index contributed by atoms with van der Waals surface area (Å²) in [7, 11) is 0. The lowest BCUT2D eigenvalue weighted by molar-refractivity contribution is -0.130. The topological polar surface area (TPSA) is 63.6 Å². The lowest BCUT2D eigenvalue weighted by atomic mass is 10.1. The average Bonchev–Trinajstić information content (AvgIpc) is 2.49. The SMILES string of the molecule is CC(=Cc1ccc(F)cc1)C(=O)Oc1ccccc1C(=O)O. The van der Waals surface area contributed by atoms with Crippen LogP contribution in [-0.2, 0) is 4.79 Å². The molecule has 0 unspecified atom stereocenters. The number of carboxylic acids is 1. The van der Waals surface area contributed by atoms with Crippen LogP contribution in [0.2, 0.25) is 0 Å². The molecule has 0 heterocycles. The number of hydrogen-bond acceptors (Lipinski definition) is 3. The maximum absolute atomic E-state index is 12.8. The molecule has 22 heavy (non-hydrogen) atoms. The van der Waals surface area contributed by atoms with Gasteiger partial charge in [0.05, 0.1) is 0 Å². The average molecular weight is 300 g/mol. The van der Waals surface area contributed by atoms with Gasteiger partial charge in [-0.3, -0.25) is 0 Å². The molecule has 0 amide bonds. The highest BCUT2D eigenvalue weighted by molar-refractivity contribution is 5.97. The molecule has 0 aliphatic heterocycles. The molecule has 0 saturated heterocycles. The van der Waals surface area contributed by atoms with Crippen molar-refractivity contribution in [2.75, 3.05) is 0 Å². The van der Waals surface area contributed by atoms with Crippen molar-refractivity contribution in [3.8, 4) is 5.75 Å². The van der Waals surface area contributed by atoms with Crippen molar-refractivity contribution in [3.05, 3.63) is 71.0 Å². The van der Waals surface area contributed by atoms with Crippen LogP contribution in [0.4, 0.5) is 4.39 Å². The van der Waals surface area contributed by atoms with Crippen molar-refractivity contribution in [2.24, 2.45) is 0 Å². The number of halogens is 1. The highest BCUT2D eigenvalue weighted by Crippen LogP contribution is 2.19. The van der Waals surface area contributed by atoms with E-state index in [0.29, 0.717) is 5.56 Å². The number of para-hydroxylation sites is 1. The molecule has 0 radical (unpaired) electrons. The first-order valence-corrected chi connectivity index (χ1v) is 6.46. The van der Waals surface area contributed by atoms with Gasteiger partial charge < -0.3 is 9.84 Å². The number of carbonyl (C=O) groups excluding carboxylic acids is 1. The molecule has 0 atom stereocenters. The van der Waals surface area contributed by atoms with Gasteiger partial charge in [0, 0.05) is 5.57 Å². The van der Waals surface area contributed by atoms with Crippen molar-refractivity contribution in [1.29, 1.82) is 0 Å². The molecular formula is C17H13FO4. The fraction of sp³-hybridized carbons (Fsp3) is 0.0588. The Labute approximate surface area is 126 Å². The molecule has 0 aliphatic carbocycles. The second kappa shape index (κ2) is 6.67. The summed E-state index contributed by atoms with van der Waals surface area (Å²) in [5.74, 6) is -2.23. The number of aromatic carboxylic acids is 1. The summed E-state index contributed by atoms with van der Waals surface area (Å²) in [6, 6.07) is 11.5. The van der Waals surface area contributed by atoms with Crippen molar-refractivity contribution in [2.45, 2.75) is 6.92 Å². The summed E-state index contributed by atoms with van der Waals surface area (Å²) in [5.41, 5.74) is 0.819. The van der Waals surface area contributed by atoms with Gasteiger partial charge in [-0.1, -0.05) is 24.3 Å². The number of ether oxygens (including phenoxy) is 1. The van der Waals surface area contributed by atoms with E-state index < -0.39 is 11.9 Å². The maximum Gasteiger partial charge on any atom is 0.339 e. The second-order valence-corrected chi connectivity index (χ2v) is 4.57. The van der Waals surface area contributed by atoms with Crippen LogP contribution < -0.4 is 4.74 Å². The van der Waals surface area contributed by atoms with Crippen LogP contribution >= 0.6 is 0 Å². The van der Waals surface area contributed by atoms with Gasteiger partial charge in [-0.2, -0.15) is 0 Å². The van der Waals surface area contributed by atoms with Crippen molar-refractivity contribution >= 4 is 18.0 Å². The first-order chi connectivity index (χ1) is 10.5. The van der Waals surface area contributed by atoms with E-state index in [0.717, 1.165) is 0 Å². The Balaban J connectivity index is 2.18. The van der Waals surface area contributed by atoms with Crippen LogP contribution in [0.15, 0.2) is 54.1 Å². The predicted octanol–water partition coefficient (Wildman–Crippen LogP) is 3.53. The van der Waals surface area contributed by atoms with Crippen molar-refractivity contribution < 1.29 is 23.8 Å². The van der Waals surface area contributed by atoms with Crippen molar-refractivity contribution in [3.63, 3.8) is 0 Å². The summed E-state index contributed by atoms with van der Waals surface area (Å²) >= 11 is 0. The Bertz CT molecular complexity index is 733. The van der Waals surface area contributed by atoms with Gasteiger partial charge in [0.2, 0.25) is 0 Å². The van der Waals surface area contributed by atoms with Gasteiger partial charge >= 0.3 is 11.9 Å². The van der Waals surface area contributed by atoms with Gasteiger partial charge in [-0.15, -0.1) is 0 Å². The zero-order valence-corrected chi connectivity index (χ0v) is 11.7. The molecule has 0 aliphatic rings. The Morgan fingerprint density at radius 3 is 2.36 bits per heavy atom. The lowest BCUT2D eigenvalue weighted by Crippen LogP contribution is -2.12. The zero-order valence-electron chi connectivity index (χ0n) is 11.7. The number of hydrogen-bond donors (Lipinski definition) is 1. The summed E-state index contributed by atoms with van der Waals surface area (Å²) in [6.45, 7) is 1.54. The normalized spacial score (nSPS) is 11.1. The molecule has 1 N–H and O–H groups in total. The number of benzene rings is 2. The highest BCUT2D eigenvalue weighted by Gasteiger charge is 2.14. The third-order valence-electron chi connectivity index (χ3n) is 2.90. The largest absolute Gasteiger partial charge is 0.478 e. The van der Waals surface area contributed by atoms with Crippen molar-refractivity contribution in [1.82, 2.24) is 0 Å². The number of esters is 1. The van der Waals surface area contributed by atoms with E-state index in [1.54, 1.807) is 12.1 Å². The quantitative estimate of drug-likeness (QED) is 0.533. The first-order valence-electron chi connectivity index (χ1n) is 6.46. The maximum atomic E-state index is 12.8. The predicted molar refractivity (Wildman–Crippen MR) is 79.1 cm³/mol. The fourth-order valence-electron chi connectivity index (χ4n) is 1.78. The Kier molecular flexibility index (Phi) is 4.68. The van der Waals surface area contributed by atoms with Gasteiger partial charge in [0.15, 0.2) is 0 Å². The van der Waals surface area contributed by atoms with Crippen LogP contribution in [0.5, 0.6) is 5.75 Å². The van der Waals surface area contributed by atoms with Gasteiger partial charge in [0.1, 0.15) is 17.1 Å². The van der Waals surface area contributed by atoms with E-state index >= 15 is 0 Å². The summed E-state index contributed by atoms with van der Waals surface area (Å²) in [4.78, 5) is 23.1. The van der Waals surface area contributed by atoms with E-state index in [2.05, 4.69) is 0 Å². The summed E-state index contributed by atoms with van der Waals surface area (Å²) in [6.07, 6.45) is 1.53. The molecule has 0 spiro atoms. The molecule has 0 aromatic heterocycles. The molecule has 2 aromatic carbocycles. The van der Waals surface area contributed by atoms with E-state index in [9.17, 15) is 14.0 Å². The van der Waals surface area contributed by atoms with E-state index in [1.807, 2.05) is 0 Å². The Morgan fingerprint density at radius 2 is 1.73 bits per heavy atom. The highest BCUT2D eigenvalue weighted by atomic mass is 19.1. The van der Waals surface area contributed by atoms with Gasteiger partial charge in [-0.05, 0) is 42.8 Å². The Morgan fingerprint density at radius 1 is 1.09 bits per heavy atom. The van der Waals surface area contributed by atoms with E-state index in [1.165, 1.54) is 49.4 Å². The molecule has 0 fully saturated rings. The molecule has 112 valence electrons. The van der Waals surface area contributed by atoms with E-state index in [-0.39, 0.29) is 22.7 Å². The molecule has 2 aromatic rings. The fourth-order valence-corrected chi connectivity index (χ4v) is 1.78. The Hall–Kier alpha value is -2.95. The number of carboxylic acid groups (broad SMARTS) is 1. The zero-order chi connectivity index (χ0) is 16.1. The first kappa shape index (κ1) is 15.4.